The molecule has 1 aromatic heterocycles. The van der Waals surface area contributed by atoms with Crippen LogP contribution in [-0.2, 0) is 0 Å². The van der Waals surface area contributed by atoms with E-state index in [0.29, 0.717) is 5.56 Å². The van der Waals surface area contributed by atoms with E-state index in [1.54, 1.807) is 29.9 Å². The second kappa shape index (κ2) is 3.01. The van der Waals surface area contributed by atoms with Crippen molar-refractivity contribution in [3.63, 3.8) is 0 Å². The maximum Gasteiger partial charge on any atom is 0.126 e. The monoisotopic (exact) mass is 176 g/mol. The minimum absolute atomic E-state index is 0.184. The second-order valence-electron chi connectivity index (χ2n) is 2.88. The van der Waals surface area contributed by atoms with Crippen molar-refractivity contribution < 1.29 is 4.39 Å². The van der Waals surface area contributed by atoms with Gasteiger partial charge in [-0.05, 0) is 36.8 Å². The lowest BCUT2D eigenvalue weighted by Crippen LogP contribution is -1.95. The van der Waals surface area contributed by atoms with Crippen LogP contribution in [0.1, 0.15) is 5.56 Å². The van der Waals surface area contributed by atoms with Crippen molar-refractivity contribution >= 4 is 0 Å². The predicted molar refractivity (Wildman–Crippen MR) is 48.3 cm³/mol. The van der Waals surface area contributed by atoms with Crippen molar-refractivity contribution in [2.45, 2.75) is 6.92 Å². The molecule has 0 unspecified atom stereocenters. The molecule has 3 heteroatoms. The van der Waals surface area contributed by atoms with Crippen molar-refractivity contribution in [3.05, 3.63) is 48.0 Å². The topological polar surface area (TPSA) is 17.8 Å². The molecular formula is C10H9FN2. The largest absolute Gasteiger partial charge is 0.241 e. The Balaban J connectivity index is 2.49. The molecule has 0 amide bonds. The molecule has 0 atom stereocenters. The average molecular weight is 176 g/mol. The highest BCUT2D eigenvalue weighted by Gasteiger charge is 1.99. The number of nitrogens with zero attached hydrogens (tertiary/aromatic N) is 2. The van der Waals surface area contributed by atoms with Crippen LogP contribution in [0.5, 0.6) is 0 Å². The summed E-state index contributed by atoms with van der Waals surface area (Å²) in [6.07, 6.45) is 3.52. The lowest BCUT2D eigenvalue weighted by molar-refractivity contribution is 0.617. The summed E-state index contributed by atoms with van der Waals surface area (Å²) in [5.74, 6) is -0.184. The minimum Gasteiger partial charge on any atom is -0.241 e. The minimum atomic E-state index is -0.184. The molecule has 0 fully saturated rings. The Labute approximate surface area is 75.6 Å². The van der Waals surface area contributed by atoms with E-state index >= 15 is 0 Å². The number of benzene rings is 1. The Kier molecular flexibility index (Phi) is 1.85. The molecule has 0 saturated carbocycles. The fourth-order valence-electron chi connectivity index (χ4n) is 1.19. The number of aryl methyl sites for hydroxylation is 1. The third-order valence-corrected chi connectivity index (χ3v) is 1.91. The molecule has 0 bridgehead atoms. The number of aromatic nitrogens is 2. The summed E-state index contributed by atoms with van der Waals surface area (Å²) in [5.41, 5.74) is 1.51. The summed E-state index contributed by atoms with van der Waals surface area (Å²) in [6.45, 7) is 1.74. The highest BCUT2D eigenvalue weighted by Crippen LogP contribution is 2.11. The van der Waals surface area contributed by atoms with Crippen LogP contribution < -0.4 is 0 Å². The van der Waals surface area contributed by atoms with Crippen LogP contribution >= 0.6 is 0 Å². The van der Waals surface area contributed by atoms with Gasteiger partial charge in [0, 0.05) is 12.4 Å². The standard InChI is InChI=1S/C10H9FN2/c1-8-7-9(3-4-10(8)11)13-6-2-5-12-13/h2-7H,1H3. The maximum atomic E-state index is 12.9. The lowest BCUT2D eigenvalue weighted by Gasteiger charge is -2.02. The SMILES string of the molecule is Cc1cc(-n2cccn2)ccc1F. The first-order valence-corrected chi connectivity index (χ1v) is 4.03. The van der Waals surface area contributed by atoms with Crippen molar-refractivity contribution in [2.75, 3.05) is 0 Å². The molecule has 2 nitrogen and oxygen atoms in total. The summed E-state index contributed by atoms with van der Waals surface area (Å²) in [5, 5.41) is 4.05. The van der Waals surface area contributed by atoms with Crippen molar-refractivity contribution in [1.29, 1.82) is 0 Å². The van der Waals surface area contributed by atoms with E-state index in [1.807, 2.05) is 12.3 Å². The lowest BCUT2D eigenvalue weighted by atomic mass is 10.2. The quantitative estimate of drug-likeness (QED) is 0.652. The Morgan fingerprint density at radius 1 is 1.38 bits per heavy atom. The number of rotatable bonds is 1. The van der Waals surface area contributed by atoms with Crippen molar-refractivity contribution in [2.24, 2.45) is 0 Å². The maximum absolute atomic E-state index is 12.9. The van der Waals surface area contributed by atoms with E-state index in [0.717, 1.165) is 5.69 Å². The first kappa shape index (κ1) is 7.98. The molecule has 66 valence electrons. The third kappa shape index (κ3) is 1.45. The van der Waals surface area contributed by atoms with Gasteiger partial charge in [-0.3, -0.25) is 0 Å². The zero-order valence-electron chi connectivity index (χ0n) is 7.24. The Hall–Kier alpha value is -1.64. The van der Waals surface area contributed by atoms with Gasteiger partial charge >= 0.3 is 0 Å². The molecule has 2 aromatic rings. The van der Waals surface area contributed by atoms with Gasteiger partial charge < -0.3 is 0 Å². The van der Waals surface area contributed by atoms with Gasteiger partial charge in [-0.2, -0.15) is 5.10 Å². The van der Waals surface area contributed by atoms with Crippen LogP contribution in [0.3, 0.4) is 0 Å². The molecule has 0 spiro atoms. The molecule has 0 radical (unpaired) electrons. The smallest absolute Gasteiger partial charge is 0.126 e. The molecule has 0 aliphatic carbocycles. The van der Waals surface area contributed by atoms with E-state index < -0.39 is 0 Å². The van der Waals surface area contributed by atoms with E-state index in [-0.39, 0.29) is 5.82 Å². The number of hydrogen-bond acceptors (Lipinski definition) is 1. The summed E-state index contributed by atoms with van der Waals surface area (Å²) in [7, 11) is 0. The first-order chi connectivity index (χ1) is 6.27. The van der Waals surface area contributed by atoms with E-state index in [2.05, 4.69) is 5.10 Å². The van der Waals surface area contributed by atoms with Crippen LogP contribution in [0.2, 0.25) is 0 Å². The Bertz CT molecular complexity index is 407. The molecule has 0 N–H and O–H groups in total. The molecular weight excluding hydrogens is 167 g/mol. The Morgan fingerprint density at radius 3 is 2.85 bits per heavy atom. The molecule has 13 heavy (non-hydrogen) atoms. The van der Waals surface area contributed by atoms with Gasteiger partial charge in [-0.25, -0.2) is 9.07 Å². The molecule has 2 rings (SSSR count). The molecule has 1 heterocycles. The summed E-state index contributed by atoms with van der Waals surface area (Å²) >= 11 is 0. The van der Waals surface area contributed by atoms with Crippen molar-refractivity contribution in [1.82, 2.24) is 9.78 Å². The van der Waals surface area contributed by atoms with E-state index in [1.165, 1.54) is 6.07 Å². The average Bonchev–Trinajstić information content (AvgIpc) is 2.62. The van der Waals surface area contributed by atoms with Gasteiger partial charge in [-0.1, -0.05) is 0 Å². The van der Waals surface area contributed by atoms with Crippen LogP contribution in [0, 0.1) is 12.7 Å². The molecule has 1 aromatic carbocycles. The van der Waals surface area contributed by atoms with Crippen LogP contribution in [0.4, 0.5) is 4.39 Å². The van der Waals surface area contributed by atoms with Gasteiger partial charge in [0.1, 0.15) is 5.82 Å². The summed E-state index contributed by atoms with van der Waals surface area (Å²) in [6, 6.07) is 6.75. The van der Waals surface area contributed by atoms with Gasteiger partial charge in [0.2, 0.25) is 0 Å². The first-order valence-electron chi connectivity index (χ1n) is 4.03. The van der Waals surface area contributed by atoms with Gasteiger partial charge in [0.15, 0.2) is 0 Å². The molecule has 0 saturated heterocycles. The highest BCUT2D eigenvalue weighted by molar-refractivity contribution is 5.35. The van der Waals surface area contributed by atoms with Crippen LogP contribution in [0.15, 0.2) is 36.7 Å². The highest BCUT2D eigenvalue weighted by atomic mass is 19.1. The number of halogens is 1. The predicted octanol–water partition coefficient (Wildman–Crippen LogP) is 2.32. The van der Waals surface area contributed by atoms with Gasteiger partial charge in [0.25, 0.3) is 0 Å². The zero-order chi connectivity index (χ0) is 9.26. The van der Waals surface area contributed by atoms with Gasteiger partial charge in [-0.15, -0.1) is 0 Å². The van der Waals surface area contributed by atoms with Crippen LogP contribution in [0.25, 0.3) is 5.69 Å². The van der Waals surface area contributed by atoms with Gasteiger partial charge in [0.05, 0.1) is 5.69 Å². The normalized spacial score (nSPS) is 10.3. The summed E-state index contributed by atoms with van der Waals surface area (Å²) in [4.78, 5) is 0. The molecule has 0 aliphatic rings. The fourth-order valence-corrected chi connectivity index (χ4v) is 1.19. The Morgan fingerprint density at radius 2 is 2.23 bits per heavy atom. The zero-order valence-corrected chi connectivity index (χ0v) is 7.24. The van der Waals surface area contributed by atoms with Crippen LogP contribution in [-0.4, -0.2) is 9.78 Å². The van der Waals surface area contributed by atoms with Crippen molar-refractivity contribution in [3.8, 4) is 5.69 Å². The summed E-state index contributed by atoms with van der Waals surface area (Å²) < 4.78 is 14.6. The number of hydrogen-bond donors (Lipinski definition) is 0. The molecule has 0 aliphatic heterocycles. The third-order valence-electron chi connectivity index (χ3n) is 1.91. The fraction of sp³-hybridized carbons (Fsp3) is 0.100. The van der Waals surface area contributed by atoms with E-state index in [9.17, 15) is 4.39 Å². The van der Waals surface area contributed by atoms with E-state index in [4.69, 9.17) is 0 Å². The second-order valence-corrected chi connectivity index (χ2v) is 2.88.